The van der Waals surface area contributed by atoms with E-state index in [-0.39, 0.29) is 5.91 Å². The maximum absolute atomic E-state index is 12.5. The van der Waals surface area contributed by atoms with Crippen molar-refractivity contribution >= 4 is 11.9 Å². The topological polar surface area (TPSA) is 57.6 Å². The van der Waals surface area contributed by atoms with Gasteiger partial charge in [0, 0.05) is 13.1 Å². The largest absolute Gasteiger partial charge is 0.481 e. The van der Waals surface area contributed by atoms with Gasteiger partial charge in [0.15, 0.2) is 0 Å². The summed E-state index contributed by atoms with van der Waals surface area (Å²) in [5.74, 6) is -1.37. The van der Waals surface area contributed by atoms with E-state index in [9.17, 15) is 14.7 Å². The van der Waals surface area contributed by atoms with Crippen LogP contribution >= 0.6 is 0 Å². The second kappa shape index (κ2) is 7.31. The Morgan fingerprint density at radius 2 is 1.84 bits per heavy atom. The van der Waals surface area contributed by atoms with Crippen LogP contribution in [0.25, 0.3) is 0 Å². The van der Waals surface area contributed by atoms with Crippen LogP contribution in [-0.2, 0) is 9.59 Å². The summed E-state index contributed by atoms with van der Waals surface area (Å²) in [6, 6.07) is 0. The van der Waals surface area contributed by atoms with Crippen LogP contribution in [0.4, 0.5) is 0 Å². The van der Waals surface area contributed by atoms with Crippen LogP contribution in [0.3, 0.4) is 0 Å². The van der Waals surface area contributed by atoms with Crippen LogP contribution < -0.4 is 0 Å². The zero-order valence-electron chi connectivity index (χ0n) is 12.1. The molecule has 0 spiro atoms. The third-order valence-corrected chi connectivity index (χ3v) is 3.99. The highest BCUT2D eigenvalue weighted by molar-refractivity contribution is 5.85. The van der Waals surface area contributed by atoms with Crippen molar-refractivity contribution in [3.63, 3.8) is 0 Å². The average Bonchev–Trinajstić information content (AvgIpc) is 2.43. The summed E-state index contributed by atoms with van der Waals surface area (Å²) in [5, 5.41) is 9.24. The minimum atomic E-state index is -0.859. The molecule has 3 atom stereocenters. The lowest BCUT2D eigenvalue weighted by Gasteiger charge is -2.31. The fourth-order valence-corrected chi connectivity index (χ4v) is 2.47. The van der Waals surface area contributed by atoms with Gasteiger partial charge in [0.05, 0.1) is 11.8 Å². The lowest BCUT2D eigenvalue weighted by atomic mass is 9.82. The van der Waals surface area contributed by atoms with Crippen molar-refractivity contribution in [1.29, 1.82) is 0 Å². The fraction of sp³-hybridized carbons (Fsp3) is 0.733. The molecule has 1 amide bonds. The number of rotatable bonds is 6. The van der Waals surface area contributed by atoms with Gasteiger partial charge in [0.2, 0.25) is 5.91 Å². The van der Waals surface area contributed by atoms with E-state index in [2.05, 4.69) is 13.8 Å². The molecule has 0 aromatic heterocycles. The number of carbonyl (C=O) groups excluding carboxylic acids is 1. The van der Waals surface area contributed by atoms with Crippen LogP contribution in [-0.4, -0.2) is 35.0 Å². The summed E-state index contributed by atoms with van der Waals surface area (Å²) in [4.78, 5) is 25.6. The van der Waals surface area contributed by atoms with Gasteiger partial charge in [-0.1, -0.05) is 32.4 Å². The Bertz CT molecular complexity index is 351. The molecule has 0 bridgehead atoms. The molecule has 108 valence electrons. The second-order valence-corrected chi connectivity index (χ2v) is 5.38. The number of carboxylic acids is 1. The minimum Gasteiger partial charge on any atom is -0.481 e. The molecule has 0 radical (unpaired) electrons. The van der Waals surface area contributed by atoms with Gasteiger partial charge < -0.3 is 10.0 Å². The Kier molecular flexibility index (Phi) is 6.06. The third kappa shape index (κ3) is 4.08. The summed E-state index contributed by atoms with van der Waals surface area (Å²) in [7, 11) is 0. The molecule has 0 heterocycles. The monoisotopic (exact) mass is 267 g/mol. The highest BCUT2D eigenvalue weighted by Gasteiger charge is 2.36. The zero-order valence-corrected chi connectivity index (χ0v) is 12.1. The third-order valence-electron chi connectivity index (χ3n) is 3.99. The summed E-state index contributed by atoms with van der Waals surface area (Å²) < 4.78 is 0. The standard InChI is InChI=1S/C15H25NO3/c1-4-11(3)10-16(5-2)14(17)12-8-6-7-9-13(12)15(18)19/h6-7,11-13H,4-5,8-10H2,1-3H3,(H,18,19)/t11?,12-,13+/m1/s1. The van der Waals surface area contributed by atoms with Crippen molar-refractivity contribution in [1.82, 2.24) is 4.90 Å². The summed E-state index contributed by atoms with van der Waals surface area (Å²) >= 11 is 0. The maximum atomic E-state index is 12.5. The molecule has 0 saturated heterocycles. The van der Waals surface area contributed by atoms with Crippen LogP contribution in [0, 0.1) is 17.8 Å². The SMILES string of the molecule is CCC(C)CN(CC)C(=O)[C@@H]1CC=CC[C@@H]1C(=O)O. The highest BCUT2D eigenvalue weighted by atomic mass is 16.4. The van der Waals surface area contributed by atoms with E-state index < -0.39 is 17.8 Å². The Morgan fingerprint density at radius 1 is 1.26 bits per heavy atom. The molecular weight excluding hydrogens is 242 g/mol. The summed E-state index contributed by atoms with van der Waals surface area (Å²) in [6.07, 6.45) is 5.84. The molecule has 19 heavy (non-hydrogen) atoms. The van der Waals surface area contributed by atoms with Crippen molar-refractivity contribution in [2.45, 2.75) is 40.0 Å². The molecular formula is C15H25NO3. The van der Waals surface area contributed by atoms with Crippen LogP contribution in [0.15, 0.2) is 12.2 Å². The predicted octanol–water partition coefficient (Wildman–Crippen LogP) is 2.55. The molecule has 0 fully saturated rings. The van der Waals surface area contributed by atoms with Crippen LogP contribution in [0.2, 0.25) is 0 Å². The Morgan fingerprint density at radius 3 is 2.32 bits per heavy atom. The quantitative estimate of drug-likeness (QED) is 0.752. The molecule has 1 N–H and O–H groups in total. The highest BCUT2D eigenvalue weighted by Crippen LogP contribution is 2.28. The van der Waals surface area contributed by atoms with E-state index in [0.29, 0.717) is 25.3 Å². The first-order valence-corrected chi connectivity index (χ1v) is 7.17. The van der Waals surface area contributed by atoms with Crippen molar-refractivity contribution in [2.75, 3.05) is 13.1 Å². The van der Waals surface area contributed by atoms with Gasteiger partial charge in [-0.15, -0.1) is 0 Å². The van der Waals surface area contributed by atoms with Gasteiger partial charge in [0.1, 0.15) is 0 Å². The molecule has 0 saturated carbocycles. The number of amides is 1. The number of allylic oxidation sites excluding steroid dienone is 2. The molecule has 4 heteroatoms. The van der Waals surface area contributed by atoms with Crippen molar-refractivity contribution in [2.24, 2.45) is 17.8 Å². The van der Waals surface area contributed by atoms with Crippen LogP contribution in [0.1, 0.15) is 40.0 Å². The molecule has 1 unspecified atom stereocenters. The fourth-order valence-electron chi connectivity index (χ4n) is 2.47. The van der Waals surface area contributed by atoms with Crippen molar-refractivity contribution < 1.29 is 14.7 Å². The van der Waals surface area contributed by atoms with E-state index >= 15 is 0 Å². The first kappa shape index (κ1) is 15.7. The van der Waals surface area contributed by atoms with Crippen molar-refractivity contribution in [3.05, 3.63) is 12.2 Å². The molecule has 0 aromatic carbocycles. The molecule has 4 nitrogen and oxygen atoms in total. The first-order valence-electron chi connectivity index (χ1n) is 7.17. The molecule has 1 rings (SSSR count). The first-order chi connectivity index (χ1) is 9.01. The number of carbonyl (C=O) groups is 2. The molecule has 1 aliphatic carbocycles. The van der Waals surface area contributed by atoms with E-state index in [0.717, 1.165) is 13.0 Å². The Balaban J connectivity index is 2.77. The van der Waals surface area contributed by atoms with Gasteiger partial charge in [-0.25, -0.2) is 0 Å². The summed E-state index contributed by atoms with van der Waals surface area (Å²) in [6.45, 7) is 7.54. The number of hydrogen-bond acceptors (Lipinski definition) is 2. The number of aliphatic carboxylic acids is 1. The number of carboxylic acid groups (broad SMARTS) is 1. The average molecular weight is 267 g/mol. The van der Waals surface area contributed by atoms with E-state index in [1.807, 2.05) is 24.0 Å². The second-order valence-electron chi connectivity index (χ2n) is 5.38. The Hall–Kier alpha value is -1.32. The Labute approximate surface area is 115 Å². The maximum Gasteiger partial charge on any atom is 0.307 e. The molecule has 0 aromatic rings. The van der Waals surface area contributed by atoms with E-state index in [1.54, 1.807) is 0 Å². The minimum absolute atomic E-state index is 0.000417. The number of hydrogen-bond donors (Lipinski definition) is 1. The van der Waals surface area contributed by atoms with Gasteiger partial charge in [-0.2, -0.15) is 0 Å². The van der Waals surface area contributed by atoms with Crippen LogP contribution in [0.5, 0.6) is 0 Å². The lowest BCUT2D eigenvalue weighted by molar-refractivity contribution is -0.150. The van der Waals surface area contributed by atoms with Gasteiger partial charge in [-0.3, -0.25) is 9.59 Å². The van der Waals surface area contributed by atoms with Crippen molar-refractivity contribution in [3.8, 4) is 0 Å². The number of nitrogens with zero attached hydrogens (tertiary/aromatic N) is 1. The molecule has 1 aliphatic rings. The normalized spacial score (nSPS) is 23.9. The molecule has 0 aliphatic heterocycles. The van der Waals surface area contributed by atoms with Gasteiger partial charge in [0.25, 0.3) is 0 Å². The van der Waals surface area contributed by atoms with E-state index in [4.69, 9.17) is 0 Å². The van der Waals surface area contributed by atoms with E-state index in [1.165, 1.54) is 0 Å². The van der Waals surface area contributed by atoms with Gasteiger partial charge in [-0.05, 0) is 25.7 Å². The summed E-state index contributed by atoms with van der Waals surface area (Å²) in [5.41, 5.74) is 0. The lowest BCUT2D eigenvalue weighted by Crippen LogP contribution is -2.43. The van der Waals surface area contributed by atoms with Gasteiger partial charge >= 0.3 is 5.97 Å². The zero-order chi connectivity index (χ0) is 14.4. The predicted molar refractivity (Wildman–Crippen MR) is 74.7 cm³/mol. The smallest absolute Gasteiger partial charge is 0.307 e.